The number of rotatable bonds is 6. The fraction of sp³-hybridized carbons (Fsp3) is 0. The molecule has 0 aliphatic rings. The minimum atomic E-state index is 0.658. The van der Waals surface area contributed by atoms with E-state index >= 15 is 0 Å². The molecule has 5 heteroatoms. The van der Waals surface area contributed by atoms with Crippen LogP contribution in [0.25, 0.3) is 81.2 Å². The van der Waals surface area contributed by atoms with Gasteiger partial charge in [-0.25, -0.2) is 9.97 Å². The predicted molar refractivity (Wildman–Crippen MR) is 232 cm³/mol. The first-order valence-electron chi connectivity index (χ1n) is 18.5. The molecule has 0 amide bonds. The number of fused-ring (bicyclic) bond motifs is 7. The number of aromatic nitrogens is 3. The number of hydrogen-bond donors (Lipinski definition) is 0. The van der Waals surface area contributed by atoms with Crippen LogP contribution in [0, 0.1) is 0 Å². The first-order chi connectivity index (χ1) is 27.3. The molecular weight excluding hydrogens is 689 g/mol. The van der Waals surface area contributed by atoms with Gasteiger partial charge < -0.3 is 4.90 Å². The largest absolute Gasteiger partial charge is 0.310 e. The zero-order valence-electron chi connectivity index (χ0n) is 29.7. The van der Waals surface area contributed by atoms with Crippen molar-refractivity contribution >= 4 is 81.3 Å². The van der Waals surface area contributed by atoms with E-state index in [2.05, 4.69) is 191 Å². The molecule has 0 radical (unpaired) electrons. The van der Waals surface area contributed by atoms with Crippen LogP contribution in [0.5, 0.6) is 0 Å². The van der Waals surface area contributed by atoms with Crippen LogP contribution in [0.1, 0.15) is 0 Å². The summed E-state index contributed by atoms with van der Waals surface area (Å²) in [6, 6.07) is 69.1. The van der Waals surface area contributed by atoms with Gasteiger partial charge in [-0.15, -0.1) is 11.3 Å². The summed E-state index contributed by atoms with van der Waals surface area (Å²) in [4.78, 5) is 12.8. The van der Waals surface area contributed by atoms with E-state index in [0.29, 0.717) is 5.95 Å². The number of nitrogens with zero attached hydrogens (tertiary/aromatic N) is 4. The smallest absolute Gasteiger partial charge is 0.235 e. The molecular formula is C50H32N4S. The highest BCUT2D eigenvalue weighted by Crippen LogP contribution is 2.41. The molecule has 0 fully saturated rings. The maximum Gasteiger partial charge on any atom is 0.235 e. The Kier molecular flexibility index (Phi) is 7.32. The molecule has 0 aliphatic carbocycles. The van der Waals surface area contributed by atoms with Gasteiger partial charge in [0, 0.05) is 59.0 Å². The van der Waals surface area contributed by atoms with Crippen LogP contribution < -0.4 is 4.90 Å². The lowest BCUT2D eigenvalue weighted by Gasteiger charge is -2.25. The molecule has 258 valence electrons. The molecule has 0 saturated carbocycles. The quantitative estimate of drug-likeness (QED) is 0.171. The Bertz CT molecular complexity index is 3200. The average Bonchev–Trinajstić information content (AvgIpc) is 3.79. The molecule has 4 nitrogen and oxygen atoms in total. The van der Waals surface area contributed by atoms with Crippen molar-refractivity contribution in [2.24, 2.45) is 0 Å². The van der Waals surface area contributed by atoms with Gasteiger partial charge in [0.2, 0.25) is 5.95 Å². The van der Waals surface area contributed by atoms with E-state index in [1.165, 1.54) is 30.9 Å². The van der Waals surface area contributed by atoms with Gasteiger partial charge >= 0.3 is 0 Å². The van der Waals surface area contributed by atoms with Crippen molar-refractivity contribution in [3.05, 3.63) is 194 Å². The lowest BCUT2D eigenvalue weighted by molar-refractivity contribution is 1.01. The Balaban J connectivity index is 1.04. The first kappa shape index (κ1) is 31.4. The highest BCUT2D eigenvalue weighted by Gasteiger charge is 2.19. The molecule has 55 heavy (non-hydrogen) atoms. The molecule has 0 bridgehead atoms. The summed E-state index contributed by atoms with van der Waals surface area (Å²) in [5.74, 6) is 0.658. The van der Waals surface area contributed by atoms with Crippen molar-refractivity contribution in [2.75, 3.05) is 4.90 Å². The average molecular weight is 721 g/mol. The van der Waals surface area contributed by atoms with Gasteiger partial charge in [-0.3, -0.25) is 4.57 Å². The van der Waals surface area contributed by atoms with Crippen LogP contribution in [0.4, 0.5) is 17.1 Å². The van der Waals surface area contributed by atoms with Gasteiger partial charge in [0.1, 0.15) is 0 Å². The van der Waals surface area contributed by atoms with Crippen molar-refractivity contribution in [3.63, 3.8) is 0 Å². The van der Waals surface area contributed by atoms with E-state index in [4.69, 9.17) is 9.97 Å². The minimum absolute atomic E-state index is 0.658. The lowest BCUT2D eigenvalue weighted by Crippen LogP contribution is -2.09. The summed E-state index contributed by atoms with van der Waals surface area (Å²) >= 11 is 1.85. The summed E-state index contributed by atoms with van der Waals surface area (Å²) in [6.07, 6.45) is 0. The van der Waals surface area contributed by atoms with Gasteiger partial charge in [0.15, 0.2) is 0 Å². The molecule has 0 aliphatic heterocycles. The minimum Gasteiger partial charge on any atom is -0.310 e. The van der Waals surface area contributed by atoms with Crippen LogP contribution >= 0.6 is 11.3 Å². The third-order valence-corrected chi connectivity index (χ3v) is 11.7. The topological polar surface area (TPSA) is 34.0 Å². The Morgan fingerprint density at radius 2 is 0.982 bits per heavy atom. The molecule has 0 saturated heterocycles. The Morgan fingerprint density at radius 1 is 0.382 bits per heavy atom. The molecule has 11 rings (SSSR count). The van der Waals surface area contributed by atoms with E-state index in [1.807, 2.05) is 23.5 Å². The standard InChI is InChI=1S/C50H32N4S/c1-3-13-34(14-4-1)49-43-19-7-10-20-44(43)51-50(52-49)54-45-21-11-8-17-39(45)40-29-25-35(31-46(40)54)33-23-26-37(27-24-33)53(36-15-5-2-6-16-36)38-28-30-42-41-18-9-12-22-47(41)55-48(42)32-38/h1-32H. The zero-order valence-corrected chi connectivity index (χ0v) is 30.5. The van der Waals surface area contributed by atoms with Crippen LogP contribution in [-0.2, 0) is 0 Å². The Morgan fingerprint density at radius 3 is 1.82 bits per heavy atom. The van der Waals surface area contributed by atoms with E-state index in [1.54, 1.807) is 0 Å². The molecule has 0 spiro atoms. The second kappa shape index (κ2) is 12.8. The number of thiophene rings is 1. The van der Waals surface area contributed by atoms with Gasteiger partial charge in [0.05, 0.1) is 22.2 Å². The summed E-state index contributed by atoms with van der Waals surface area (Å²) in [5.41, 5.74) is 10.7. The SMILES string of the molecule is c1ccc(-c2nc(-n3c4ccccc4c4ccc(-c5ccc(N(c6ccccc6)c6ccc7c(c6)sc6ccccc67)cc5)cc43)nc3ccccc23)cc1. The molecule has 3 aromatic heterocycles. The van der Waals surface area contributed by atoms with E-state index in [-0.39, 0.29) is 0 Å². The lowest BCUT2D eigenvalue weighted by atomic mass is 10.0. The van der Waals surface area contributed by atoms with Crippen molar-refractivity contribution in [1.82, 2.24) is 14.5 Å². The normalized spacial score (nSPS) is 11.6. The van der Waals surface area contributed by atoms with Crippen molar-refractivity contribution in [3.8, 4) is 28.3 Å². The fourth-order valence-corrected chi connectivity index (χ4v) is 9.17. The van der Waals surface area contributed by atoms with E-state index < -0.39 is 0 Å². The van der Waals surface area contributed by atoms with Crippen LogP contribution in [0.2, 0.25) is 0 Å². The fourth-order valence-electron chi connectivity index (χ4n) is 8.03. The van der Waals surface area contributed by atoms with E-state index in [0.717, 1.165) is 61.4 Å². The highest BCUT2D eigenvalue weighted by molar-refractivity contribution is 7.25. The first-order valence-corrected chi connectivity index (χ1v) is 19.3. The van der Waals surface area contributed by atoms with Gasteiger partial charge in [-0.1, -0.05) is 133 Å². The van der Waals surface area contributed by atoms with Gasteiger partial charge in [-0.2, -0.15) is 0 Å². The van der Waals surface area contributed by atoms with Gasteiger partial charge in [0.25, 0.3) is 0 Å². The third-order valence-electron chi connectivity index (χ3n) is 10.6. The van der Waals surface area contributed by atoms with Crippen molar-refractivity contribution in [1.29, 1.82) is 0 Å². The summed E-state index contributed by atoms with van der Waals surface area (Å²) < 4.78 is 4.82. The molecule has 3 heterocycles. The maximum absolute atomic E-state index is 5.28. The Labute approximate surface area is 321 Å². The number of para-hydroxylation sites is 3. The monoisotopic (exact) mass is 720 g/mol. The molecule has 0 unspecified atom stereocenters. The summed E-state index contributed by atoms with van der Waals surface area (Å²) in [6.45, 7) is 0. The maximum atomic E-state index is 5.28. The van der Waals surface area contributed by atoms with Crippen LogP contribution in [0.3, 0.4) is 0 Å². The number of benzene rings is 8. The second-order valence-electron chi connectivity index (χ2n) is 13.8. The Hall–Kier alpha value is -7.08. The van der Waals surface area contributed by atoms with Crippen molar-refractivity contribution < 1.29 is 0 Å². The third kappa shape index (κ3) is 5.28. The molecule has 11 aromatic rings. The summed E-state index contributed by atoms with van der Waals surface area (Å²) in [5, 5.41) is 5.98. The molecule has 0 atom stereocenters. The summed E-state index contributed by atoms with van der Waals surface area (Å²) in [7, 11) is 0. The number of hydrogen-bond acceptors (Lipinski definition) is 4. The molecule has 8 aromatic carbocycles. The zero-order chi connectivity index (χ0) is 36.3. The van der Waals surface area contributed by atoms with Gasteiger partial charge in [-0.05, 0) is 71.8 Å². The van der Waals surface area contributed by atoms with Crippen LogP contribution in [-0.4, -0.2) is 14.5 Å². The second-order valence-corrected chi connectivity index (χ2v) is 14.9. The highest BCUT2D eigenvalue weighted by atomic mass is 32.1. The predicted octanol–water partition coefficient (Wildman–Crippen LogP) is 13.9. The van der Waals surface area contributed by atoms with E-state index in [9.17, 15) is 0 Å². The molecule has 0 N–H and O–H groups in total. The number of anilines is 3. The van der Waals surface area contributed by atoms with Crippen LogP contribution in [0.15, 0.2) is 194 Å². The van der Waals surface area contributed by atoms with Crippen molar-refractivity contribution in [2.45, 2.75) is 0 Å².